The van der Waals surface area contributed by atoms with Crippen LogP contribution in [0.2, 0.25) is 0 Å². The number of Topliss-reactive ketones (excluding diaryl/α,β-unsaturated/α-hetero) is 1. The molecule has 1 aromatic heterocycles. The van der Waals surface area contributed by atoms with E-state index in [2.05, 4.69) is 15.0 Å². The summed E-state index contributed by atoms with van der Waals surface area (Å²) in [6.07, 6.45) is 4.18. The van der Waals surface area contributed by atoms with Gasteiger partial charge in [-0.15, -0.1) is 12.4 Å². The predicted molar refractivity (Wildman–Crippen MR) is 162 cm³/mol. The van der Waals surface area contributed by atoms with Crippen LogP contribution < -0.4 is 20.5 Å². The van der Waals surface area contributed by atoms with Gasteiger partial charge in [0.2, 0.25) is 21.8 Å². The molecule has 1 unspecified atom stereocenters. The van der Waals surface area contributed by atoms with Crippen LogP contribution in [0.15, 0.2) is 48.7 Å². The van der Waals surface area contributed by atoms with E-state index in [1.165, 1.54) is 6.07 Å². The highest BCUT2D eigenvalue weighted by atomic mass is 35.5. The lowest BCUT2D eigenvalue weighted by Crippen LogP contribution is -2.59. The summed E-state index contributed by atoms with van der Waals surface area (Å²) in [4.78, 5) is 44.7. The summed E-state index contributed by atoms with van der Waals surface area (Å²) < 4.78 is 31.9. The average Bonchev–Trinajstić information content (AvgIpc) is 3.30. The van der Waals surface area contributed by atoms with E-state index >= 15 is 0 Å². The Kier molecular flexibility index (Phi) is 8.64. The highest BCUT2D eigenvalue weighted by Gasteiger charge is 2.44. The molecule has 3 heterocycles. The minimum atomic E-state index is -3.49. The van der Waals surface area contributed by atoms with Crippen molar-refractivity contribution in [1.29, 1.82) is 0 Å². The van der Waals surface area contributed by atoms with Gasteiger partial charge < -0.3 is 25.7 Å². The fourth-order valence-corrected chi connectivity index (χ4v) is 6.03. The van der Waals surface area contributed by atoms with Crippen molar-refractivity contribution in [3.8, 4) is 5.75 Å². The van der Waals surface area contributed by atoms with Crippen LogP contribution in [0.3, 0.4) is 0 Å². The molecule has 5 N–H and O–H groups in total. The number of nitrogens with one attached hydrogen (secondary N) is 3. The van der Waals surface area contributed by atoms with Crippen molar-refractivity contribution in [3.63, 3.8) is 0 Å². The van der Waals surface area contributed by atoms with E-state index in [-0.39, 0.29) is 30.5 Å². The molecule has 2 aromatic carbocycles. The predicted octanol–water partition coefficient (Wildman–Crippen LogP) is 2.75. The summed E-state index contributed by atoms with van der Waals surface area (Å²) in [6, 6.07) is 11.6. The van der Waals surface area contributed by atoms with Gasteiger partial charge in [-0.3, -0.25) is 19.1 Å². The number of nitrogens with two attached hydrogens (primary N) is 1. The number of hydrogen-bond acceptors (Lipinski definition) is 7. The summed E-state index contributed by atoms with van der Waals surface area (Å²) in [5, 5.41) is 3.84. The van der Waals surface area contributed by atoms with Crippen molar-refractivity contribution >= 4 is 56.6 Å². The largest absolute Gasteiger partial charge is 0.486 e. The zero-order valence-electron chi connectivity index (χ0n) is 23.7. The molecule has 2 amide bonds. The standard InChI is InChI=1S/C29H35N5O6S.ClH/c1-28(2,30)27(37)32-23(14-18-17-31-22-7-5-4-6-20(18)22)26(36)34-12-10-29(11-13-34)16-24(35)21-15-19(33-41(3,38)39)8-9-25(21)40-29;/h4-9,15,17,23,31,33H,10-14,16,30H2,1-3H3,(H,32,37);1H. The molecule has 0 saturated carbocycles. The quantitative estimate of drug-likeness (QED) is 0.317. The highest BCUT2D eigenvalue weighted by molar-refractivity contribution is 7.92. The molecule has 3 aromatic rings. The first kappa shape index (κ1) is 31.3. The number of aromatic nitrogens is 1. The Labute approximate surface area is 251 Å². The molecule has 0 radical (unpaired) electrons. The van der Waals surface area contributed by atoms with Crippen molar-refractivity contribution in [2.75, 3.05) is 24.1 Å². The van der Waals surface area contributed by atoms with E-state index in [0.717, 1.165) is 22.7 Å². The minimum absolute atomic E-state index is 0. The smallest absolute Gasteiger partial charge is 0.245 e. The van der Waals surface area contributed by atoms with Crippen molar-refractivity contribution in [2.24, 2.45) is 5.73 Å². The van der Waals surface area contributed by atoms with Gasteiger partial charge >= 0.3 is 0 Å². The van der Waals surface area contributed by atoms with Crippen LogP contribution in [-0.2, 0) is 26.0 Å². The van der Waals surface area contributed by atoms with Gasteiger partial charge in [0, 0.05) is 55.1 Å². The lowest BCUT2D eigenvalue weighted by Gasteiger charge is -2.44. The molecule has 0 bridgehead atoms. The molecule has 42 heavy (non-hydrogen) atoms. The van der Waals surface area contributed by atoms with Crippen LogP contribution in [0, 0.1) is 0 Å². The number of para-hydroxylation sites is 1. The summed E-state index contributed by atoms with van der Waals surface area (Å²) in [5.74, 6) is -0.388. The summed E-state index contributed by atoms with van der Waals surface area (Å²) in [7, 11) is -3.49. The number of carbonyl (C=O) groups excluding carboxylic acids is 3. The van der Waals surface area contributed by atoms with Gasteiger partial charge in [-0.1, -0.05) is 18.2 Å². The molecular weight excluding hydrogens is 582 g/mol. The van der Waals surface area contributed by atoms with Crippen molar-refractivity contribution in [1.82, 2.24) is 15.2 Å². The van der Waals surface area contributed by atoms with Crippen LogP contribution in [0.4, 0.5) is 5.69 Å². The summed E-state index contributed by atoms with van der Waals surface area (Å²) in [6.45, 7) is 3.88. The van der Waals surface area contributed by atoms with Crippen molar-refractivity contribution < 1.29 is 27.5 Å². The number of halogens is 1. The van der Waals surface area contributed by atoms with Crippen LogP contribution in [0.1, 0.15) is 49.0 Å². The number of likely N-dealkylation sites (tertiary alicyclic amines) is 1. The van der Waals surface area contributed by atoms with Crippen LogP contribution >= 0.6 is 12.4 Å². The molecule has 226 valence electrons. The van der Waals surface area contributed by atoms with Crippen molar-refractivity contribution in [2.45, 2.75) is 56.7 Å². The average molecular weight is 618 g/mol. The summed E-state index contributed by atoms with van der Waals surface area (Å²) >= 11 is 0. The Balaban J connectivity index is 0.00000405. The Bertz CT molecular complexity index is 1620. The summed E-state index contributed by atoms with van der Waals surface area (Å²) in [5.41, 5.74) is 6.58. The molecule has 11 nitrogen and oxygen atoms in total. The third-order valence-corrected chi connectivity index (χ3v) is 8.27. The van der Waals surface area contributed by atoms with Gasteiger partial charge in [-0.25, -0.2) is 8.42 Å². The second-order valence-electron chi connectivity index (χ2n) is 11.6. The van der Waals surface area contributed by atoms with Gasteiger partial charge in [0.25, 0.3) is 0 Å². The molecule has 0 aliphatic carbocycles. The lowest BCUT2D eigenvalue weighted by atomic mass is 9.82. The number of benzene rings is 2. The van der Waals surface area contributed by atoms with Gasteiger partial charge in [0.05, 0.1) is 23.8 Å². The van der Waals surface area contributed by atoms with E-state index in [4.69, 9.17) is 10.5 Å². The Morgan fingerprint density at radius 1 is 1.17 bits per heavy atom. The molecular formula is C29H36ClN5O6S. The topological polar surface area (TPSA) is 164 Å². The maximum atomic E-state index is 13.8. The first-order chi connectivity index (χ1) is 19.2. The number of piperidine rings is 1. The van der Waals surface area contributed by atoms with Gasteiger partial charge in [0.1, 0.15) is 17.4 Å². The number of anilines is 1. The zero-order chi connectivity index (χ0) is 29.6. The molecule has 13 heteroatoms. The fraction of sp³-hybridized carbons (Fsp3) is 0.414. The maximum Gasteiger partial charge on any atom is 0.245 e. The molecule has 1 atom stereocenters. The van der Waals surface area contributed by atoms with Crippen LogP contribution in [0.25, 0.3) is 10.9 Å². The number of amides is 2. The number of hydrogen-bond donors (Lipinski definition) is 4. The van der Waals surface area contributed by atoms with E-state index in [0.29, 0.717) is 49.4 Å². The fourth-order valence-electron chi connectivity index (χ4n) is 5.47. The number of H-pyrrole nitrogens is 1. The number of nitrogens with zero attached hydrogens (tertiary/aromatic N) is 1. The van der Waals surface area contributed by atoms with Crippen LogP contribution in [-0.4, -0.2) is 72.4 Å². The zero-order valence-corrected chi connectivity index (χ0v) is 25.4. The van der Waals surface area contributed by atoms with E-state index < -0.39 is 33.1 Å². The van der Waals surface area contributed by atoms with Gasteiger partial charge in [-0.05, 0) is 43.7 Å². The van der Waals surface area contributed by atoms with E-state index in [9.17, 15) is 22.8 Å². The monoisotopic (exact) mass is 617 g/mol. The maximum absolute atomic E-state index is 13.8. The lowest BCUT2D eigenvalue weighted by molar-refractivity contribution is -0.140. The minimum Gasteiger partial charge on any atom is -0.486 e. The number of ether oxygens (including phenoxy) is 1. The Hall–Kier alpha value is -3.61. The Morgan fingerprint density at radius 3 is 2.52 bits per heavy atom. The third-order valence-electron chi connectivity index (χ3n) is 7.67. The van der Waals surface area contributed by atoms with Crippen LogP contribution in [0.5, 0.6) is 5.75 Å². The van der Waals surface area contributed by atoms with E-state index in [1.54, 1.807) is 30.9 Å². The first-order valence-electron chi connectivity index (χ1n) is 13.5. The van der Waals surface area contributed by atoms with Gasteiger partial charge in [-0.2, -0.15) is 0 Å². The second-order valence-corrected chi connectivity index (χ2v) is 13.4. The highest BCUT2D eigenvalue weighted by Crippen LogP contribution is 2.40. The van der Waals surface area contributed by atoms with E-state index in [1.807, 2.05) is 30.5 Å². The molecule has 1 spiro atoms. The SMILES string of the molecule is CC(C)(N)C(=O)NC(Cc1c[nH]c2ccccc12)C(=O)N1CCC2(CC1)CC(=O)c1cc(NS(C)(=O)=O)ccc1O2.Cl. The number of carbonyl (C=O) groups is 3. The number of ketones is 1. The number of rotatable bonds is 7. The number of aromatic amines is 1. The molecule has 2 aliphatic rings. The van der Waals surface area contributed by atoms with Crippen molar-refractivity contribution in [3.05, 3.63) is 59.8 Å². The Morgan fingerprint density at radius 2 is 1.86 bits per heavy atom. The van der Waals surface area contributed by atoms with Gasteiger partial charge in [0.15, 0.2) is 5.78 Å². The number of fused-ring (bicyclic) bond motifs is 2. The third kappa shape index (κ3) is 6.71. The normalized spacial score (nSPS) is 17.1. The molecule has 5 rings (SSSR count). The first-order valence-corrected chi connectivity index (χ1v) is 15.4. The second kappa shape index (κ2) is 11.6. The molecule has 1 fully saturated rings. The molecule has 1 saturated heterocycles. The number of sulfonamides is 1. The molecule has 2 aliphatic heterocycles.